The molecule has 1 N–H and O–H groups in total. The Morgan fingerprint density at radius 1 is 1.08 bits per heavy atom. The Hall–Kier alpha value is -2.82. The first-order chi connectivity index (χ1) is 12.0. The Labute approximate surface area is 147 Å². The molecule has 1 unspecified atom stereocenters. The number of anilines is 2. The number of nitrogens with zero attached hydrogens (tertiary/aromatic N) is 1. The van der Waals surface area contributed by atoms with Crippen LogP contribution in [-0.2, 0) is 9.59 Å². The number of ether oxygens (including phenoxy) is 1. The SMILES string of the molecule is CC(Oc1ccccc1C(C)C)C(=O)N1CC(=O)Nc2ccccc21. The third-order valence-electron chi connectivity index (χ3n) is 4.23. The zero-order chi connectivity index (χ0) is 18.0. The molecule has 2 amide bonds. The molecule has 0 aromatic heterocycles. The number of carbonyl (C=O) groups excluding carboxylic acids is 2. The van der Waals surface area contributed by atoms with Gasteiger partial charge >= 0.3 is 0 Å². The maximum Gasteiger partial charge on any atom is 0.268 e. The van der Waals surface area contributed by atoms with Crippen molar-refractivity contribution in [1.82, 2.24) is 0 Å². The lowest BCUT2D eigenvalue weighted by Gasteiger charge is -2.31. The molecule has 0 spiro atoms. The first kappa shape index (κ1) is 17.0. The van der Waals surface area contributed by atoms with Gasteiger partial charge in [-0.2, -0.15) is 0 Å². The molecule has 0 aliphatic carbocycles. The van der Waals surface area contributed by atoms with Gasteiger partial charge in [0, 0.05) is 0 Å². The van der Waals surface area contributed by atoms with Crippen LogP contribution < -0.4 is 15.0 Å². The fourth-order valence-corrected chi connectivity index (χ4v) is 2.96. The van der Waals surface area contributed by atoms with E-state index in [0.29, 0.717) is 23.0 Å². The van der Waals surface area contributed by atoms with E-state index in [1.807, 2.05) is 42.5 Å². The highest BCUT2D eigenvalue weighted by molar-refractivity contribution is 6.10. The number of benzene rings is 2. The highest BCUT2D eigenvalue weighted by atomic mass is 16.5. The molecular formula is C20H22N2O3. The van der Waals surface area contributed by atoms with Crippen LogP contribution in [-0.4, -0.2) is 24.5 Å². The smallest absolute Gasteiger partial charge is 0.268 e. The largest absolute Gasteiger partial charge is 0.481 e. The summed E-state index contributed by atoms with van der Waals surface area (Å²) in [5.74, 6) is 0.552. The summed E-state index contributed by atoms with van der Waals surface area (Å²) < 4.78 is 5.95. The maximum atomic E-state index is 12.9. The fourth-order valence-electron chi connectivity index (χ4n) is 2.96. The van der Waals surface area contributed by atoms with E-state index in [1.165, 1.54) is 4.90 Å². The molecule has 5 nitrogen and oxygen atoms in total. The summed E-state index contributed by atoms with van der Waals surface area (Å²) in [5.41, 5.74) is 2.39. The van der Waals surface area contributed by atoms with Gasteiger partial charge in [0.25, 0.3) is 5.91 Å². The normalized spacial score (nSPS) is 14.7. The first-order valence-electron chi connectivity index (χ1n) is 8.43. The van der Waals surface area contributed by atoms with Gasteiger partial charge in [0.05, 0.1) is 11.4 Å². The van der Waals surface area contributed by atoms with E-state index in [2.05, 4.69) is 19.2 Å². The Morgan fingerprint density at radius 3 is 2.52 bits per heavy atom. The first-order valence-corrected chi connectivity index (χ1v) is 8.43. The van der Waals surface area contributed by atoms with Crippen molar-refractivity contribution >= 4 is 23.2 Å². The minimum absolute atomic E-state index is 0.00459. The zero-order valence-electron chi connectivity index (χ0n) is 14.7. The summed E-state index contributed by atoms with van der Waals surface area (Å²) in [6.45, 7) is 5.88. The molecule has 0 radical (unpaired) electrons. The Bertz CT molecular complexity index is 801. The van der Waals surface area contributed by atoms with Gasteiger partial charge < -0.3 is 10.1 Å². The van der Waals surface area contributed by atoms with E-state index in [1.54, 1.807) is 13.0 Å². The minimum atomic E-state index is -0.696. The molecule has 0 bridgehead atoms. The number of amides is 2. The fraction of sp³-hybridized carbons (Fsp3) is 0.300. The molecule has 3 rings (SSSR count). The summed E-state index contributed by atoms with van der Waals surface area (Å²) in [4.78, 5) is 26.3. The van der Waals surface area contributed by atoms with Crippen molar-refractivity contribution in [1.29, 1.82) is 0 Å². The second-order valence-electron chi connectivity index (χ2n) is 6.44. The standard InChI is InChI=1S/C20H22N2O3/c1-13(2)15-8-4-7-11-18(15)25-14(3)20(24)22-12-19(23)21-16-9-5-6-10-17(16)22/h4-11,13-14H,12H2,1-3H3,(H,21,23). The molecule has 1 heterocycles. The molecule has 25 heavy (non-hydrogen) atoms. The van der Waals surface area contributed by atoms with E-state index in [4.69, 9.17) is 4.74 Å². The number of fused-ring (bicyclic) bond motifs is 1. The van der Waals surface area contributed by atoms with Gasteiger partial charge in [-0.1, -0.05) is 44.2 Å². The van der Waals surface area contributed by atoms with Crippen LogP contribution >= 0.6 is 0 Å². The van der Waals surface area contributed by atoms with Crippen molar-refractivity contribution in [3.05, 3.63) is 54.1 Å². The van der Waals surface area contributed by atoms with Crippen molar-refractivity contribution in [3.8, 4) is 5.75 Å². The van der Waals surface area contributed by atoms with Crippen LogP contribution in [0.4, 0.5) is 11.4 Å². The molecular weight excluding hydrogens is 316 g/mol. The van der Waals surface area contributed by atoms with Crippen LogP contribution in [0.2, 0.25) is 0 Å². The Kier molecular flexibility index (Phi) is 4.74. The molecule has 0 saturated heterocycles. The van der Waals surface area contributed by atoms with Gasteiger partial charge in [0.1, 0.15) is 12.3 Å². The highest BCUT2D eigenvalue weighted by Crippen LogP contribution is 2.31. The van der Waals surface area contributed by atoms with Crippen LogP contribution in [0.15, 0.2) is 48.5 Å². The van der Waals surface area contributed by atoms with E-state index in [0.717, 1.165) is 5.56 Å². The predicted octanol–water partition coefficient (Wildman–Crippen LogP) is 3.56. The molecule has 1 aliphatic heterocycles. The van der Waals surface area contributed by atoms with Crippen molar-refractivity contribution in [2.75, 3.05) is 16.8 Å². The number of hydrogen-bond acceptors (Lipinski definition) is 3. The summed E-state index contributed by atoms with van der Waals surface area (Å²) in [6, 6.07) is 15.0. The monoisotopic (exact) mass is 338 g/mol. The van der Waals surface area contributed by atoms with Gasteiger partial charge in [-0.3, -0.25) is 14.5 Å². The van der Waals surface area contributed by atoms with Gasteiger partial charge in [-0.15, -0.1) is 0 Å². The topological polar surface area (TPSA) is 58.6 Å². The van der Waals surface area contributed by atoms with E-state index in [9.17, 15) is 9.59 Å². The number of rotatable bonds is 4. The molecule has 0 fully saturated rings. The summed E-state index contributed by atoms with van der Waals surface area (Å²) in [7, 11) is 0. The summed E-state index contributed by atoms with van der Waals surface area (Å²) in [6.07, 6.45) is -0.696. The second-order valence-corrected chi connectivity index (χ2v) is 6.44. The molecule has 130 valence electrons. The Morgan fingerprint density at radius 2 is 1.76 bits per heavy atom. The van der Waals surface area contributed by atoms with Crippen molar-refractivity contribution in [2.24, 2.45) is 0 Å². The van der Waals surface area contributed by atoms with E-state index in [-0.39, 0.29) is 18.4 Å². The van der Waals surface area contributed by atoms with Crippen molar-refractivity contribution in [3.63, 3.8) is 0 Å². The van der Waals surface area contributed by atoms with Gasteiger partial charge in [-0.25, -0.2) is 0 Å². The van der Waals surface area contributed by atoms with E-state index < -0.39 is 6.10 Å². The maximum absolute atomic E-state index is 12.9. The molecule has 1 atom stereocenters. The van der Waals surface area contributed by atoms with Crippen molar-refractivity contribution in [2.45, 2.75) is 32.8 Å². The number of carbonyl (C=O) groups is 2. The molecule has 2 aromatic carbocycles. The molecule has 2 aromatic rings. The molecule has 5 heteroatoms. The van der Waals surface area contributed by atoms with Crippen molar-refractivity contribution < 1.29 is 14.3 Å². The van der Waals surface area contributed by atoms with Crippen LogP contribution in [0.1, 0.15) is 32.3 Å². The summed E-state index contributed by atoms with van der Waals surface area (Å²) in [5, 5.41) is 2.78. The summed E-state index contributed by atoms with van der Waals surface area (Å²) >= 11 is 0. The average molecular weight is 338 g/mol. The number of hydrogen-bond donors (Lipinski definition) is 1. The Balaban J connectivity index is 1.83. The lowest BCUT2D eigenvalue weighted by atomic mass is 10.0. The van der Waals surface area contributed by atoms with Gasteiger partial charge in [0.15, 0.2) is 6.10 Å². The lowest BCUT2D eigenvalue weighted by Crippen LogP contribution is -2.47. The number of para-hydroxylation sites is 3. The van der Waals surface area contributed by atoms with Gasteiger partial charge in [-0.05, 0) is 36.6 Å². The van der Waals surface area contributed by atoms with Crippen LogP contribution in [0.25, 0.3) is 0 Å². The second kappa shape index (κ2) is 6.97. The third-order valence-corrected chi connectivity index (χ3v) is 4.23. The van der Waals surface area contributed by atoms with Crippen LogP contribution in [0.3, 0.4) is 0 Å². The van der Waals surface area contributed by atoms with Crippen LogP contribution in [0, 0.1) is 0 Å². The van der Waals surface area contributed by atoms with Crippen LogP contribution in [0.5, 0.6) is 5.75 Å². The minimum Gasteiger partial charge on any atom is -0.481 e. The quantitative estimate of drug-likeness (QED) is 0.927. The third kappa shape index (κ3) is 3.50. The zero-order valence-corrected chi connectivity index (χ0v) is 14.7. The van der Waals surface area contributed by atoms with E-state index >= 15 is 0 Å². The number of nitrogens with one attached hydrogen (secondary N) is 1. The van der Waals surface area contributed by atoms with Gasteiger partial charge in [0.2, 0.25) is 5.91 Å². The molecule has 1 aliphatic rings. The predicted molar refractivity (Wildman–Crippen MR) is 98.0 cm³/mol. The average Bonchev–Trinajstić information content (AvgIpc) is 2.60. The molecule has 0 saturated carbocycles. The lowest BCUT2D eigenvalue weighted by molar-refractivity contribution is -0.126. The highest BCUT2D eigenvalue weighted by Gasteiger charge is 2.30.